The van der Waals surface area contributed by atoms with Crippen molar-refractivity contribution in [1.29, 1.82) is 0 Å². The van der Waals surface area contributed by atoms with E-state index in [2.05, 4.69) is 24.0 Å². The third-order valence-electron chi connectivity index (χ3n) is 4.88. The molecule has 1 saturated heterocycles. The van der Waals surface area contributed by atoms with Crippen molar-refractivity contribution < 1.29 is 14.7 Å². The van der Waals surface area contributed by atoms with Crippen LogP contribution in [0.4, 0.5) is 0 Å². The summed E-state index contributed by atoms with van der Waals surface area (Å²) in [5.41, 5.74) is 1.34. The van der Waals surface area contributed by atoms with Gasteiger partial charge in [-0.05, 0) is 37.0 Å². The number of carboxylic acids is 1. The first kappa shape index (κ1) is 17.1. The van der Waals surface area contributed by atoms with E-state index >= 15 is 0 Å². The van der Waals surface area contributed by atoms with Gasteiger partial charge in [-0.15, -0.1) is 0 Å². The van der Waals surface area contributed by atoms with E-state index in [9.17, 15) is 9.59 Å². The highest BCUT2D eigenvalue weighted by molar-refractivity contribution is 5.94. The van der Waals surface area contributed by atoms with Gasteiger partial charge in [0.05, 0.1) is 0 Å². The largest absolute Gasteiger partial charge is 0.477 e. The molecule has 1 aliphatic rings. The molecule has 25 heavy (non-hydrogen) atoms. The van der Waals surface area contributed by atoms with Crippen LogP contribution in [-0.4, -0.2) is 39.5 Å². The summed E-state index contributed by atoms with van der Waals surface area (Å²) in [4.78, 5) is 30.0. The van der Waals surface area contributed by atoms with Gasteiger partial charge in [0.25, 0.3) is 5.91 Å². The highest BCUT2D eigenvalue weighted by Crippen LogP contribution is 2.34. The molecule has 5 heteroatoms. The van der Waals surface area contributed by atoms with Crippen LogP contribution in [0, 0.1) is 0 Å². The number of rotatable bonds is 5. The van der Waals surface area contributed by atoms with Gasteiger partial charge < -0.3 is 10.0 Å². The molecular formula is C20H22N2O3. The summed E-state index contributed by atoms with van der Waals surface area (Å²) >= 11 is 0. The molecule has 0 bridgehead atoms. The molecule has 1 aromatic carbocycles. The molecule has 0 aliphatic carbocycles. The molecule has 1 fully saturated rings. The molecular weight excluding hydrogens is 316 g/mol. The van der Waals surface area contributed by atoms with Crippen LogP contribution in [-0.2, 0) is 0 Å². The van der Waals surface area contributed by atoms with Crippen molar-refractivity contribution in [3.8, 4) is 0 Å². The first-order valence-corrected chi connectivity index (χ1v) is 8.68. The minimum atomic E-state index is -1.12. The van der Waals surface area contributed by atoms with E-state index in [4.69, 9.17) is 5.11 Å². The lowest BCUT2D eigenvalue weighted by molar-refractivity contribution is 0.0688. The number of likely N-dealkylation sites (tertiary alicyclic amines) is 1. The quantitative estimate of drug-likeness (QED) is 0.904. The first-order chi connectivity index (χ1) is 12.1. The van der Waals surface area contributed by atoms with Crippen LogP contribution in [0.2, 0.25) is 0 Å². The molecule has 1 aliphatic heterocycles. The monoisotopic (exact) mass is 338 g/mol. The standard InChI is InChI=1S/C20H22N2O3/c1-2-15(14-8-4-3-5-9-14)18-12-7-13-22(18)19(23)16-10-6-11-17(21-16)20(24)25/h3-6,8-11,15,18H,2,7,12-13H2,1H3,(H,24,25). The number of nitrogens with zero attached hydrogens (tertiary/aromatic N) is 2. The zero-order chi connectivity index (χ0) is 17.8. The molecule has 1 amide bonds. The topological polar surface area (TPSA) is 70.5 Å². The summed E-state index contributed by atoms with van der Waals surface area (Å²) in [5, 5.41) is 9.10. The second-order valence-corrected chi connectivity index (χ2v) is 6.35. The van der Waals surface area contributed by atoms with Crippen LogP contribution in [0.1, 0.15) is 58.6 Å². The molecule has 1 aromatic heterocycles. The van der Waals surface area contributed by atoms with Gasteiger partial charge in [-0.1, -0.05) is 43.3 Å². The molecule has 2 heterocycles. The van der Waals surface area contributed by atoms with Crippen LogP contribution >= 0.6 is 0 Å². The van der Waals surface area contributed by atoms with Crippen molar-refractivity contribution in [3.63, 3.8) is 0 Å². The SMILES string of the molecule is CCC(c1ccccc1)C1CCCN1C(=O)c1cccc(C(=O)O)n1. The second-order valence-electron chi connectivity index (χ2n) is 6.35. The molecule has 2 unspecified atom stereocenters. The van der Waals surface area contributed by atoms with E-state index in [-0.39, 0.29) is 29.3 Å². The summed E-state index contributed by atoms with van der Waals surface area (Å²) in [6.45, 7) is 2.83. The van der Waals surface area contributed by atoms with Crippen molar-refractivity contribution >= 4 is 11.9 Å². The average molecular weight is 338 g/mol. The maximum atomic E-state index is 13.0. The number of amides is 1. The predicted octanol–water partition coefficient (Wildman–Crippen LogP) is 3.58. The number of carboxylic acid groups (broad SMARTS) is 1. The molecule has 0 radical (unpaired) electrons. The molecule has 2 aromatic rings. The van der Waals surface area contributed by atoms with Crippen LogP contribution in [0.15, 0.2) is 48.5 Å². The summed E-state index contributed by atoms with van der Waals surface area (Å²) in [6, 6.07) is 15.0. The molecule has 130 valence electrons. The Kier molecular flexibility index (Phi) is 5.12. The third kappa shape index (κ3) is 3.55. The molecule has 5 nitrogen and oxygen atoms in total. The molecule has 0 saturated carbocycles. The lowest BCUT2D eigenvalue weighted by Crippen LogP contribution is -2.39. The van der Waals surface area contributed by atoms with E-state index in [0.717, 1.165) is 19.3 Å². The summed E-state index contributed by atoms with van der Waals surface area (Å²) in [5.74, 6) is -1.03. The van der Waals surface area contributed by atoms with Crippen molar-refractivity contribution in [2.75, 3.05) is 6.54 Å². The highest BCUT2D eigenvalue weighted by Gasteiger charge is 2.35. The van der Waals surface area contributed by atoms with Gasteiger partial charge >= 0.3 is 5.97 Å². The normalized spacial score (nSPS) is 18.1. The van der Waals surface area contributed by atoms with Gasteiger partial charge in [0.2, 0.25) is 0 Å². The molecule has 0 spiro atoms. The average Bonchev–Trinajstić information content (AvgIpc) is 3.12. The summed E-state index contributed by atoms with van der Waals surface area (Å²) in [6.07, 6.45) is 2.86. The van der Waals surface area contributed by atoms with E-state index in [1.165, 1.54) is 11.6 Å². The van der Waals surface area contributed by atoms with Gasteiger partial charge in [0.15, 0.2) is 0 Å². The lowest BCUT2D eigenvalue weighted by Gasteiger charge is -2.31. The number of aromatic carboxylic acids is 1. The van der Waals surface area contributed by atoms with Crippen molar-refractivity contribution in [1.82, 2.24) is 9.88 Å². The number of hydrogen-bond acceptors (Lipinski definition) is 3. The lowest BCUT2D eigenvalue weighted by atomic mass is 9.87. The highest BCUT2D eigenvalue weighted by atomic mass is 16.4. The fourth-order valence-corrected chi connectivity index (χ4v) is 3.71. The van der Waals surface area contributed by atoms with Crippen LogP contribution in [0.25, 0.3) is 0 Å². The zero-order valence-corrected chi connectivity index (χ0v) is 14.3. The van der Waals surface area contributed by atoms with Gasteiger partial charge in [-0.3, -0.25) is 4.79 Å². The van der Waals surface area contributed by atoms with Gasteiger partial charge in [-0.25, -0.2) is 9.78 Å². The Hall–Kier alpha value is -2.69. The van der Waals surface area contributed by atoms with Gasteiger partial charge in [0, 0.05) is 18.5 Å². The number of hydrogen-bond donors (Lipinski definition) is 1. The van der Waals surface area contributed by atoms with E-state index in [0.29, 0.717) is 6.54 Å². The van der Waals surface area contributed by atoms with Crippen molar-refractivity contribution in [2.45, 2.75) is 38.1 Å². The first-order valence-electron chi connectivity index (χ1n) is 8.68. The summed E-state index contributed by atoms with van der Waals surface area (Å²) < 4.78 is 0. The Labute approximate surface area is 147 Å². The van der Waals surface area contributed by atoms with E-state index < -0.39 is 5.97 Å². The fraction of sp³-hybridized carbons (Fsp3) is 0.350. The Bertz CT molecular complexity index is 761. The number of carbonyl (C=O) groups excluding carboxylic acids is 1. The van der Waals surface area contributed by atoms with E-state index in [1.54, 1.807) is 12.1 Å². The fourth-order valence-electron chi connectivity index (χ4n) is 3.71. The smallest absolute Gasteiger partial charge is 0.354 e. The molecule has 1 N–H and O–H groups in total. The Balaban J connectivity index is 1.87. The zero-order valence-electron chi connectivity index (χ0n) is 14.3. The Morgan fingerprint density at radius 1 is 1.16 bits per heavy atom. The predicted molar refractivity (Wildman–Crippen MR) is 94.7 cm³/mol. The summed E-state index contributed by atoms with van der Waals surface area (Å²) in [7, 11) is 0. The number of carbonyl (C=O) groups is 2. The minimum Gasteiger partial charge on any atom is -0.477 e. The number of aromatic nitrogens is 1. The number of pyridine rings is 1. The van der Waals surface area contributed by atoms with Gasteiger partial charge in [0.1, 0.15) is 11.4 Å². The number of benzene rings is 1. The maximum Gasteiger partial charge on any atom is 0.354 e. The van der Waals surface area contributed by atoms with Crippen LogP contribution < -0.4 is 0 Å². The van der Waals surface area contributed by atoms with E-state index in [1.807, 2.05) is 23.1 Å². The Morgan fingerprint density at radius 2 is 1.88 bits per heavy atom. The van der Waals surface area contributed by atoms with Gasteiger partial charge in [-0.2, -0.15) is 0 Å². The molecule has 2 atom stereocenters. The van der Waals surface area contributed by atoms with Crippen LogP contribution in [0.3, 0.4) is 0 Å². The molecule has 3 rings (SSSR count). The van der Waals surface area contributed by atoms with Crippen molar-refractivity contribution in [2.24, 2.45) is 0 Å². The second kappa shape index (κ2) is 7.47. The maximum absolute atomic E-state index is 13.0. The minimum absolute atomic E-state index is 0.100. The third-order valence-corrected chi connectivity index (χ3v) is 4.88. The van der Waals surface area contributed by atoms with Crippen LogP contribution in [0.5, 0.6) is 0 Å². The Morgan fingerprint density at radius 3 is 2.56 bits per heavy atom. The van der Waals surface area contributed by atoms with Crippen molar-refractivity contribution in [3.05, 3.63) is 65.5 Å².